The number of ether oxygens (including phenoxy) is 1. The van der Waals surface area contributed by atoms with Crippen LogP contribution in [0.5, 0.6) is 0 Å². The molecule has 1 saturated carbocycles. The molecule has 154 valence electrons. The lowest BCUT2D eigenvalue weighted by molar-refractivity contribution is -0.0111. The van der Waals surface area contributed by atoms with E-state index in [1.54, 1.807) is 7.11 Å². The minimum Gasteiger partial charge on any atom is -0.378 e. The van der Waals surface area contributed by atoms with Crippen LogP contribution in [0.25, 0.3) is 0 Å². The zero-order valence-corrected chi connectivity index (χ0v) is 16.7. The second-order valence-corrected chi connectivity index (χ2v) is 8.52. The summed E-state index contributed by atoms with van der Waals surface area (Å²) in [6.45, 7) is 4.69. The first-order valence-corrected chi connectivity index (χ1v) is 10.7. The van der Waals surface area contributed by atoms with Crippen molar-refractivity contribution in [2.75, 3.05) is 50.2 Å². The number of rotatable bonds is 6. The molecular weight excluding hydrogens is 356 g/mol. The molecule has 8 heteroatoms. The van der Waals surface area contributed by atoms with Gasteiger partial charge in [0.2, 0.25) is 0 Å². The Morgan fingerprint density at radius 1 is 1.25 bits per heavy atom. The lowest BCUT2D eigenvalue weighted by Gasteiger charge is -2.40. The van der Waals surface area contributed by atoms with Crippen molar-refractivity contribution in [3.05, 3.63) is 17.3 Å². The number of fused-ring (bicyclic) bond motifs is 1. The lowest BCUT2D eigenvalue weighted by atomic mass is 10.0. The minimum absolute atomic E-state index is 0.173. The molecule has 28 heavy (non-hydrogen) atoms. The summed E-state index contributed by atoms with van der Waals surface area (Å²) in [7, 11) is 1.73. The van der Waals surface area contributed by atoms with E-state index in [2.05, 4.69) is 31.0 Å². The van der Waals surface area contributed by atoms with Crippen molar-refractivity contribution < 1.29 is 9.84 Å². The summed E-state index contributed by atoms with van der Waals surface area (Å²) in [5.41, 5.74) is 10.1. The Bertz CT molecular complexity index is 698. The van der Waals surface area contributed by atoms with Crippen LogP contribution in [0.3, 0.4) is 0 Å². The summed E-state index contributed by atoms with van der Waals surface area (Å²) in [4.78, 5) is 9.35. The molecule has 3 fully saturated rings. The Hall–Kier alpha value is -1.45. The van der Waals surface area contributed by atoms with Gasteiger partial charge in [-0.2, -0.15) is 0 Å². The van der Waals surface area contributed by atoms with E-state index in [1.165, 1.54) is 36.9 Å². The molecule has 1 aromatic heterocycles. The second kappa shape index (κ2) is 7.76. The number of aromatic nitrogens is 1. The predicted molar refractivity (Wildman–Crippen MR) is 108 cm³/mol. The molecule has 4 heterocycles. The van der Waals surface area contributed by atoms with Crippen LogP contribution in [-0.2, 0) is 4.74 Å². The summed E-state index contributed by atoms with van der Waals surface area (Å²) < 4.78 is 5.66. The molecule has 0 radical (unpaired) electrons. The number of methoxy groups -OCH3 is 1. The minimum atomic E-state index is -0.348. The zero-order valence-electron chi connectivity index (χ0n) is 16.7. The molecular formula is C20H32N6O2. The van der Waals surface area contributed by atoms with E-state index in [4.69, 9.17) is 4.74 Å². The number of hydrazine groups is 1. The fraction of sp³-hybridized carbons (Fsp3) is 0.750. The van der Waals surface area contributed by atoms with Gasteiger partial charge in [-0.25, -0.2) is 10.4 Å². The molecule has 5 rings (SSSR count). The summed E-state index contributed by atoms with van der Waals surface area (Å²) in [5.74, 6) is 1.50. The molecule has 4 aliphatic rings. The van der Waals surface area contributed by atoms with Gasteiger partial charge >= 0.3 is 0 Å². The Labute approximate surface area is 166 Å². The van der Waals surface area contributed by atoms with Gasteiger partial charge in [-0.3, -0.25) is 4.90 Å². The fourth-order valence-electron chi connectivity index (χ4n) is 4.91. The number of hydrogen-bond donors (Lipinski definition) is 4. The number of anilines is 2. The molecule has 1 aliphatic carbocycles. The van der Waals surface area contributed by atoms with E-state index in [-0.39, 0.29) is 12.5 Å². The van der Waals surface area contributed by atoms with Gasteiger partial charge in [-0.1, -0.05) is 0 Å². The number of nitrogens with zero attached hydrogens (tertiary/aromatic N) is 3. The van der Waals surface area contributed by atoms with Gasteiger partial charge < -0.3 is 25.5 Å². The topological polar surface area (TPSA) is 84.9 Å². The third-order valence-corrected chi connectivity index (χ3v) is 6.66. The third kappa shape index (κ3) is 3.48. The number of piperazine rings is 1. The van der Waals surface area contributed by atoms with Crippen LogP contribution in [0.15, 0.2) is 6.20 Å². The number of nitrogens with one attached hydrogen (secondary N) is 3. The van der Waals surface area contributed by atoms with Crippen LogP contribution < -0.4 is 21.1 Å². The molecule has 4 N–H and O–H groups in total. The average Bonchev–Trinajstić information content (AvgIpc) is 3.28. The molecule has 3 atom stereocenters. The van der Waals surface area contributed by atoms with E-state index >= 15 is 0 Å². The van der Waals surface area contributed by atoms with Crippen LogP contribution in [0, 0.1) is 0 Å². The lowest BCUT2D eigenvalue weighted by Crippen LogP contribution is -2.52. The van der Waals surface area contributed by atoms with Gasteiger partial charge in [0.25, 0.3) is 0 Å². The Morgan fingerprint density at radius 3 is 2.75 bits per heavy atom. The van der Waals surface area contributed by atoms with Crippen molar-refractivity contribution >= 4 is 11.5 Å². The maximum Gasteiger partial charge on any atom is 0.155 e. The second-order valence-electron chi connectivity index (χ2n) is 8.52. The van der Waals surface area contributed by atoms with E-state index < -0.39 is 0 Å². The van der Waals surface area contributed by atoms with Crippen LogP contribution >= 0.6 is 0 Å². The first-order valence-electron chi connectivity index (χ1n) is 10.7. The molecule has 2 saturated heterocycles. The van der Waals surface area contributed by atoms with Crippen LogP contribution in [0.2, 0.25) is 0 Å². The van der Waals surface area contributed by atoms with Gasteiger partial charge in [0.1, 0.15) is 12.0 Å². The van der Waals surface area contributed by atoms with Gasteiger partial charge in [-0.05, 0) is 43.7 Å². The smallest absolute Gasteiger partial charge is 0.155 e. The Morgan fingerprint density at radius 2 is 2.07 bits per heavy atom. The van der Waals surface area contributed by atoms with Crippen molar-refractivity contribution in [1.29, 1.82) is 0 Å². The van der Waals surface area contributed by atoms with Crippen LogP contribution in [0.1, 0.15) is 55.4 Å². The molecule has 0 spiro atoms. The summed E-state index contributed by atoms with van der Waals surface area (Å²) in [6, 6.07) is 0.470. The highest BCUT2D eigenvalue weighted by molar-refractivity contribution is 5.71. The average molecular weight is 389 g/mol. The third-order valence-electron chi connectivity index (χ3n) is 6.66. The van der Waals surface area contributed by atoms with Crippen molar-refractivity contribution in [2.45, 2.75) is 56.5 Å². The van der Waals surface area contributed by atoms with E-state index in [0.717, 1.165) is 50.5 Å². The molecule has 0 amide bonds. The maximum atomic E-state index is 10.7. The largest absolute Gasteiger partial charge is 0.378 e. The predicted octanol–water partition coefficient (Wildman–Crippen LogP) is 1.12. The number of pyridine rings is 1. The quantitative estimate of drug-likeness (QED) is 0.577. The van der Waals surface area contributed by atoms with Crippen LogP contribution in [0.4, 0.5) is 11.5 Å². The van der Waals surface area contributed by atoms with Crippen molar-refractivity contribution in [2.24, 2.45) is 0 Å². The highest BCUT2D eigenvalue weighted by Crippen LogP contribution is 2.48. The van der Waals surface area contributed by atoms with Gasteiger partial charge in [-0.15, -0.1) is 0 Å². The molecule has 2 unspecified atom stereocenters. The molecule has 0 aromatic carbocycles. The van der Waals surface area contributed by atoms with Crippen molar-refractivity contribution in [3.8, 4) is 0 Å². The summed E-state index contributed by atoms with van der Waals surface area (Å²) in [5, 5.41) is 14.2. The molecule has 1 aromatic rings. The van der Waals surface area contributed by atoms with E-state index in [1.807, 2.05) is 6.20 Å². The number of hydrogen-bond acceptors (Lipinski definition) is 8. The van der Waals surface area contributed by atoms with Gasteiger partial charge in [0, 0.05) is 51.9 Å². The van der Waals surface area contributed by atoms with Crippen LogP contribution in [-0.4, -0.2) is 67.1 Å². The SMILES string of the molecule is COC1NNc2ncc(C3CC3)c(N3CCN(C(O)C[C@@H]4CCCN4)CC3)c21. The normalized spacial score (nSPS) is 29.0. The highest BCUT2D eigenvalue weighted by Gasteiger charge is 2.37. The fourth-order valence-corrected chi connectivity index (χ4v) is 4.91. The summed E-state index contributed by atoms with van der Waals surface area (Å²) >= 11 is 0. The Kier molecular flexibility index (Phi) is 5.15. The van der Waals surface area contributed by atoms with Crippen molar-refractivity contribution in [1.82, 2.24) is 20.6 Å². The zero-order chi connectivity index (χ0) is 19.1. The number of aliphatic hydroxyl groups excluding tert-OH is 1. The molecule has 3 aliphatic heterocycles. The summed E-state index contributed by atoms with van der Waals surface area (Å²) in [6.07, 6.45) is 7.27. The first-order chi connectivity index (χ1) is 13.7. The standard InChI is InChI=1S/C20H32N6O2/c1-28-20-17-18(15(13-4-5-13)12-22-19(17)23-24-20)26-9-7-25(8-10-26)16(27)11-14-3-2-6-21-14/h12-14,16,20-21,24,27H,2-11H2,1H3,(H,22,23)/t14-,16?,20?/m0/s1. The van der Waals surface area contributed by atoms with E-state index in [9.17, 15) is 5.11 Å². The van der Waals surface area contributed by atoms with Crippen molar-refractivity contribution in [3.63, 3.8) is 0 Å². The first kappa shape index (κ1) is 18.6. The highest BCUT2D eigenvalue weighted by atomic mass is 16.5. The molecule has 8 nitrogen and oxygen atoms in total. The Balaban J connectivity index is 1.31. The number of aliphatic hydroxyl groups is 1. The monoisotopic (exact) mass is 388 g/mol. The van der Waals surface area contributed by atoms with E-state index in [0.29, 0.717) is 12.0 Å². The van der Waals surface area contributed by atoms with Gasteiger partial charge in [0.15, 0.2) is 6.23 Å². The molecule has 0 bridgehead atoms. The van der Waals surface area contributed by atoms with Gasteiger partial charge in [0.05, 0.1) is 11.3 Å². The maximum absolute atomic E-state index is 10.7.